The fourth-order valence-corrected chi connectivity index (χ4v) is 0.838. The van der Waals surface area contributed by atoms with Gasteiger partial charge in [-0.15, -0.1) is 0 Å². The molecule has 1 rings (SSSR count). The largest absolute Gasteiger partial charge is 0.478 e. The van der Waals surface area contributed by atoms with Gasteiger partial charge in [0.15, 0.2) is 0 Å². The summed E-state index contributed by atoms with van der Waals surface area (Å²) in [4.78, 5) is 25.3. The van der Waals surface area contributed by atoms with E-state index in [1.165, 1.54) is 36.2 Å². The average Bonchev–Trinajstić information content (AvgIpc) is 2.16. The molecule has 0 radical (unpaired) electrons. The standard InChI is InChI=1S/C9H10N2O3/c1-7(9(13)14)3-5-11-6-10-4-2-8(11)12/h2-4,6H,5H2,1H3,(H,13,14). The predicted molar refractivity (Wildman–Crippen MR) is 49.9 cm³/mol. The number of aromatic nitrogens is 2. The molecule has 74 valence electrons. The number of hydrogen-bond acceptors (Lipinski definition) is 3. The lowest BCUT2D eigenvalue weighted by atomic mass is 10.3. The van der Waals surface area contributed by atoms with Gasteiger partial charge in [-0.2, -0.15) is 0 Å². The minimum absolute atomic E-state index is 0.200. The maximum absolute atomic E-state index is 11.1. The first-order chi connectivity index (χ1) is 6.61. The van der Waals surface area contributed by atoms with Crippen molar-refractivity contribution in [3.63, 3.8) is 0 Å². The van der Waals surface area contributed by atoms with E-state index in [9.17, 15) is 9.59 Å². The molecule has 0 aliphatic rings. The first-order valence-electron chi connectivity index (χ1n) is 4.02. The van der Waals surface area contributed by atoms with Gasteiger partial charge in [0.2, 0.25) is 0 Å². The Labute approximate surface area is 80.3 Å². The molecule has 5 heteroatoms. The highest BCUT2D eigenvalue weighted by atomic mass is 16.4. The molecule has 1 aromatic heterocycles. The van der Waals surface area contributed by atoms with Crippen molar-refractivity contribution in [2.24, 2.45) is 0 Å². The molecular formula is C9H10N2O3. The Kier molecular flexibility index (Phi) is 3.17. The van der Waals surface area contributed by atoms with E-state index >= 15 is 0 Å². The Bertz CT molecular complexity index is 420. The van der Waals surface area contributed by atoms with E-state index < -0.39 is 5.97 Å². The second kappa shape index (κ2) is 4.36. The number of carboxylic acids is 1. The number of aliphatic carboxylic acids is 1. The average molecular weight is 194 g/mol. The molecular weight excluding hydrogens is 184 g/mol. The van der Waals surface area contributed by atoms with Gasteiger partial charge in [0, 0.05) is 24.4 Å². The van der Waals surface area contributed by atoms with Gasteiger partial charge in [0.1, 0.15) is 0 Å². The highest BCUT2D eigenvalue weighted by Gasteiger charge is 1.98. The van der Waals surface area contributed by atoms with Gasteiger partial charge in [-0.3, -0.25) is 9.36 Å². The van der Waals surface area contributed by atoms with Gasteiger partial charge < -0.3 is 5.11 Å². The van der Waals surface area contributed by atoms with Crippen molar-refractivity contribution in [3.05, 3.63) is 40.6 Å². The number of rotatable bonds is 3. The summed E-state index contributed by atoms with van der Waals surface area (Å²) < 4.78 is 1.33. The van der Waals surface area contributed by atoms with E-state index in [-0.39, 0.29) is 17.7 Å². The summed E-state index contributed by atoms with van der Waals surface area (Å²) in [5.41, 5.74) is 0.00944. The van der Waals surface area contributed by atoms with Crippen LogP contribution in [0.1, 0.15) is 6.92 Å². The lowest BCUT2D eigenvalue weighted by molar-refractivity contribution is -0.132. The molecule has 0 saturated heterocycles. The third-order valence-electron chi connectivity index (χ3n) is 1.72. The summed E-state index contributed by atoms with van der Waals surface area (Å²) in [6.45, 7) is 1.70. The van der Waals surface area contributed by atoms with Crippen LogP contribution in [0.4, 0.5) is 0 Å². The zero-order chi connectivity index (χ0) is 10.6. The summed E-state index contributed by atoms with van der Waals surface area (Å²) in [7, 11) is 0. The lowest BCUT2D eigenvalue weighted by Crippen LogP contribution is -2.18. The minimum atomic E-state index is -0.984. The van der Waals surface area contributed by atoms with Gasteiger partial charge >= 0.3 is 5.97 Å². The van der Waals surface area contributed by atoms with E-state index in [0.717, 1.165) is 0 Å². The van der Waals surface area contributed by atoms with Crippen molar-refractivity contribution in [2.45, 2.75) is 13.5 Å². The fourth-order valence-electron chi connectivity index (χ4n) is 0.838. The van der Waals surface area contributed by atoms with Gasteiger partial charge in [-0.1, -0.05) is 6.08 Å². The first-order valence-corrected chi connectivity index (χ1v) is 4.02. The smallest absolute Gasteiger partial charge is 0.331 e. The summed E-state index contributed by atoms with van der Waals surface area (Å²) in [5, 5.41) is 8.56. The second-order valence-electron chi connectivity index (χ2n) is 2.76. The van der Waals surface area contributed by atoms with Crippen LogP contribution < -0.4 is 5.56 Å². The molecule has 14 heavy (non-hydrogen) atoms. The van der Waals surface area contributed by atoms with E-state index in [0.29, 0.717) is 0 Å². The molecule has 5 nitrogen and oxygen atoms in total. The molecule has 0 saturated carbocycles. The minimum Gasteiger partial charge on any atom is -0.478 e. The van der Waals surface area contributed by atoms with Gasteiger partial charge in [-0.25, -0.2) is 9.78 Å². The number of carboxylic acid groups (broad SMARTS) is 1. The monoisotopic (exact) mass is 194 g/mol. The Morgan fingerprint density at radius 1 is 1.71 bits per heavy atom. The molecule has 1 heterocycles. The lowest BCUT2D eigenvalue weighted by Gasteiger charge is -1.99. The van der Waals surface area contributed by atoms with Crippen LogP contribution in [-0.4, -0.2) is 20.6 Å². The third-order valence-corrected chi connectivity index (χ3v) is 1.72. The molecule has 0 aliphatic carbocycles. The SMILES string of the molecule is CC(=CCn1cnccc1=O)C(=O)O. The molecule has 0 amide bonds. The number of hydrogen-bond donors (Lipinski definition) is 1. The van der Waals surface area contributed by atoms with E-state index in [1.807, 2.05) is 0 Å². The van der Waals surface area contributed by atoms with Crippen LogP contribution >= 0.6 is 0 Å². The molecule has 0 aliphatic heterocycles. The van der Waals surface area contributed by atoms with Crippen molar-refractivity contribution < 1.29 is 9.90 Å². The highest BCUT2D eigenvalue weighted by Crippen LogP contribution is 1.92. The van der Waals surface area contributed by atoms with Crippen molar-refractivity contribution in [2.75, 3.05) is 0 Å². The van der Waals surface area contributed by atoms with E-state index in [2.05, 4.69) is 4.98 Å². The van der Waals surface area contributed by atoms with Crippen molar-refractivity contribution in [1.29, 1.82) is 0 Å². The molecule has 0 atom stereocenters. The van der Waals surface area contributed by atoms with Gasteiger partial charge in [-0.05, 0) is 6.92 Å². The van der Waals surface area contributed by atoms with Crippen LogP contribution in [0, 0.1) is 0 Å². The van der Waals surface area contributed by atoms with Crippen LogP contribution in [0.25, 0.3) is 0 Å². The third kappa shape index (κ3) is 2.55. The second-order valence-corrected chi connectivity index (χ2v) is 2.76. The van der Waals surface area contributed by atoms with Crippen LogP contribution in [0.3, 0.4) is 0 Å². The Morgan fingerprint density at radius 3 is 3.00 bits per heavy atom. The number of allylic oxidation sites excluding steroid dienone is 1. The normalized spacial score (nSPS) is 11.4. The Hall–Kier alpha value is -1.91. The topological polar surface area (TPSA) is 72.2 Å². The molecule has 1 aromatic rings. The van der Waals surface area contributed by atoms with Gasteiger partial charge in [0.05, 0.1) is 6.33 Å². The zero-order valence-electron chi connectivity index (χ0n) is 7.67. The molecule has 0 bridgehead atoms. The van der Waals surface area contributed by atoms with Crippen LogP contribution in [0.15, 0.2) is 35.0 Å². The van der Waals surface area contributed by atoms with E-state index in [4.69, 9.17) is 5.11 Å². The van der Waals surface area contributed by atoms with Crippen LogP contribution in [-0.2, 0) is 11.3 Å². The van der Waals surface area contributed by atoms with Crippen LogP contribution in [0.2, 0.25) is 0 Å². The fraction of sp³-hybridized carbons (Fsp3) is 0.222. The van der Waals surface area contributed by atoms with Crippen molar-refractivity contribution in [1.82, 2.24) is 9.55 Å². The molecule has 0 aromatic carbocycles. The molecule has 0 unspecified atom stereocenters. The van der Waals surface area contributed by atoms with E-state index in [1.54, 1.807) is 0 Å². The maximum Gasteiger partial charge on any atom is 0.331 e. The molecule has 1 N–H and O–H groups in total. The molecule has 0 fully saturated rings. The van der Waals surface area contributed by atoms with Crippen molar-refractivity contribution >= 4 is 5.97 Å². The Balaban J connectivity index is 2.81. The molecule has 0 spiro atoms. The quantitative estimate of drug-likeness (QED) is 0.701. The highest BCUT2D eigenvalue weighted by molar-refractivity contribution is 5.85. The summed E-state index contributed by atoms with van der Waals surface area (Å²) >= 11 is 0. The number of carbonyl (C=O) groups is 1. The maximum atomic E-state index is 11.1. The van der Waals surface area contributed by atoms with Gasteiger partial charge in [0.25, 0.3) is 5.56 Å². The number of nitrogens with zero attached hydrogens (tertiary/aromatic N) is 2. The zero-order valence-corrected chi connectivity index (χ0v) is 7.67. The predicted octanol–water partition coefficient (Wildman–Crippen LogP) is 0.274. The first kappa shape index (κ1) is 10.2. The summed E-state index contributed by atoms with van der Waals surface area (Å²) in [6, 6.07) is 1.32. The van der Waals surface area contributed by atoms with Crippen LogP contribution in [0.5, 0.6) is 0 Å². The van der Waals surface area contributed by atoms with Crippen molar-refractivity contribution in [3.8, 4) is 0 Å². The summed E-state index contributed by atoms with van der Waals surface area (Å²) in [6.07, 6.45) is 4.23. The Morgan fingerprint density at radius 2 is 2.43 bits per heavy atom. The summed E-state index contributed by atoms with van der Waals surface area (Å²) in [5.74, 6) is -0.984.